The number of halogens is 1. The van der Waals surface area contributed by atoms with Crippen molar-refractivity contribution in [1.82, 2.24) is 0 Å². The molecule has 37 heavy (non-hydrogen) atoms. The van der Waals surface area contributed by atoms with Gasteiger partial charge < -0.3 is 28.5 Å². The average molecular weight is 527 g/mol. The number of carboxylic acid groups (broad SMARTS) is 1. The van der Waals surface area contributed by atoms with Gasteiger partial charge in [0.2, 0.25) is 17.2 Å². The van der Waals surface area contributed by atoms with E-state index in [1.807, 2.05) is 0 Å². The Bertz CT molecular complexity index is 1450. The molecule has 2 unspecified atom stereocenters. The van der Waals surface area contributed by atoms with E-state index in [0.717, 1.165) is 0 Å². The van der Waals surface area contributed by atoms with Crippen LogP contribution in [0.3, 0.4) is 0 Å². The lowest BCUT2D eigenvalue weighted by molar-refractivity contribution is -0.136. The van der Waals surface area contributed by atoms with Crippen molar-refractivity contribution >= 4 is 29.1 Å². The number of ether oxygens (including phenoxy) is 4. The Morgan fingerprint density at radius 3 is 2.30 bits per heavy atom. The lowest BCUT2D eigenvalue weighted by atomic mass is 9.71. The van der Waals surface area contributed by atoms with Gasteiger partial charge >= 0.3 is 5.97 Å². The van der Waals surface area contributed by atoms with E-state index in [9.17, 15) is 19.5 Å². The van der Waals surface area contributed by atoms with E-state index in [1.165, 1.54) is 27.4 Å². The molecular weight excluding hydrogens is 504 g/mol. The summed E-state index contributed by atoms with van der Waals surface area (Å²) in [6.07, 6.45) is -0.337. The van der Waals surface area contributed by atoms with E-state index < -0.39 is 35.5 Å². The second kappa shape index (κ2) is 8.85. The molecule has 1 spiro atoms. The molecule has 0 fully saturated rings. The minimum absolute atomic E-state index is 0.00910. The van der Waals surface area contributed by atoms with E-state index in [4.69, 9.17) is 35.0 Å². The van der Waals surface area contributed by atoms with Crippen LogP contribution in [0.2, 0.25) is 5.02 Å². The number of rotatable bonds is 6. The molecule has 0 radical (unpaired) electrons. The van der Waals surface area contributed by atoms with E-state index in [-0.39, 0.29) is 51.1 Å². The van der Waals surface area contributed by atoms with Gasteiger partial charge in [0.05, 0.1) is 33.3 Å². The minimum Gasteiger partial charge on any atom is -0.497 e. The van der Waals surface area contributed by atoms with Crippen molar-refractivity contribution < 1.29 is 42.9 Å². The summed E-state index contributed by atoms with van der Waals surface area (Å²) >= 11 is 6.48. The molecule has 3 aromatic rings. The highest BCUT2D eigenvalue weighted by molar-refractivity contribution is 6.36. The standard InChI is InChI=1S/C27H23ClO9/c1-12-9-17-20(15(10-19(29)30)23(36-17)13-5-7-14(33-2)8-6-13)25(31)27(12)26(32)21-16(34-3)11-18(35-4)22(28)24(21)37-27/h5-8,11-12H,9-10H2,1-4H3,(H,29,30). The Morgan fingerprint density at radius 2 is 1.70 bits per heavy atom. The SMILES string of the molecule is COc1ccc(-c2oc3c(c2CC(=O)O)C(=O)C2(Oc4c(Cl)c(OC)cc(OC)c4C2=O)C(C)C3)cc1. The molecule has 1 aromatic heterocycles. The Kier molecular flexibility index (Phi) is 5.91. The van der Waals surface area contributed by atoms with Gasteiger partial charge in [-0.3, -0.25) is 14.4 Å². The molecule has 10 heteroatoms. The number of Topliss-reactive ketones (excluding diaryl/α,β-unsaturated/α-hetero) is 2. The number of fused-ring (bicyclic) bond motifs is 2. The molecule has 9 nitrogen and oxygen atoms in total. The smallest absolute Gasteiger partial charge is 0.307 e. The van der Waals surface area contributed by atoms with Gasteiger partial charge in [-0.25, -0.2) is 0 Å². The normalized spacial score (nSPS) is 19.9. The fraction of sp³-hybridized carbons (Fsp3) is 0.296. The molecular formula is C27H23ClO9. The summed E-state index contributed by atoms with van der Waals surface area (Å²) in [4.78, 5) is 40.0. The predicted molar refractivity (Wildman–Crippen MR) is 131 cm³/mol. The molecule has 1 N–H and O–H groups in total. The maximum atomic E-state index is 14.2. The van der Waals surface area contributed by atoms with E-state index >= 15 is 0 Å². The molecule has 0 amide bonds. The molecule has 1 aliphatic heterocycles. The van der Waals surface area contributed by atoms with Crippen LogP contribution in [-0.2, 0) is 17.6 Å². The van der Waals surface area contributed by atoms with Gasteiger partial charge in [-0.2, -0.15) is 0 Å². The van der Waals surface area contributed by atoms with Gasteiger partial charge in [0, 0.05) is 29.5 Å². The first-order valence-corrected chi connectivity index (χ1v) is 11.8. The number of hydrogen-bond acceptors (Lipinski definition) is 8. The lowest BCUT2D eigenvalue weighted by Crippen LogP contribution is -2.56. The van der Waals surface area contributed by atoms with Gasteiger partial charge in [-0.05, 0) is 24.3 Å². The summed E-state index contributed by atoms with van der Waals surface area (Å²) in [7, 11) is 4.32. The third kappa shape index (κ3) is 3.48. The molecule has 2 aromatic carbocycles. The highest BCUT2D eigenvalue weighted by Crippen LogP contribution is 2.54. The number of furan rings is 1. The number of ketones is 2. The Balaban J connectivity index is 1.69. The second-order valence-electron chi connectivity index (χ2n) is 8.91. The number of benzene rings is 2. The summed E-state index contributed by atoms with van der Waals surface area (Å²) in [5.74, 6) is -1.60. The van der Waals surface area contributed by atoms with E-state index in [2.05, 4.69) is 0 Å². The average Bonchev–Trinajstić information content (AvgIpc) is 3.39. The number of aliphatic carboxylic acids is 1. The number of carboxylic acids is 1. The fourth-order valence-corrected chi connectivity index (χ4v) is 5.39. The number of carbonyl (C=O) groups is 3. The quantitative estimate of drug-likeness (QED) is 0.457. The van der Waals surface area contributed by atoms with Gasteiger partial charge in [-0.1, -0.05) is 18.5 Å². The third-order valence-electron chi connectivity index (χ3n) is 6.93. The predicted octanol–water partition coefficient (Wildman–Crippen LogP) is 4.64. The zero-order chi connectivity index (χ0) is 26.6. The minimum atomic E-state index is -1.97. The first-order valence-electron chi connectivity index (χ1n) is 11.4. The van der Waals surface area contributed by atoms with Crippen molar-refractivity contribution in [2.75, 3.05) is 21.3 Å². The third-order valence-corrected chi connectivity index (χ3v) is 7.29. The summed E-state index contributed by atoms with van der Waals surface area (Å²) in [6.45, 7) is 1.70. The van der Waals surface area contributed by atoms with Crippen LogP contribution in [0.1, 0.15) is 39.0 Å². The van der Waals surface area contributed by atoms with E-state index in [0.29, 0.717) is 17.1 Å². The summed E-state index contributed by atoms with van der Waals surface area (Å²) in [5.41, 5.74) is -1.15. The highest BCUT2D eigenvalue weighted by Gasteiger charge is 2.63. The van der Waals surface area contributed by atoms with Gasteiger partial charge in [0.1, 0.15) is 39.4 Å². The molecule has 1 aliphatic carbocycles. The molecule has 0 saturated carbocycles. The van der Waals surface area contributed by atoms with Crippen LogP contribution in [-0.4, -0.2) is 49.6 Å². The van der Waals surface area contributed by atoms with E-state index in [1.54, 1.807) is 31.2 Å². The van der Waals surface area contributed by atoms with Crippen LogP contribution in [0.5, 0.6) is 23.0 Å². The van der Waals surface area contributed by atoms with Crippen LogP contribution in [0, 0.1) is 5.92 Å². The van der Waals surface area contributed by atoms with Crippen molar-refractivity contribution in [3.63, 3.8) is 0 Å². The van der Waals surface area contributed by atoms with Crippen LogP contribution >= 0.6 is 11.6 Å². The fourth-order valence-electron chi connectivity index (χ4n) is 5.13. The van der Waals surface area contributed by atoms with Gasteiger partial charge in [-0.15, -0.1) is 0 Å². The topological polar surface area (TPSA) is 122 Å². The van der Waals surface area contributed by atoms with Crippen LogP contribution in [0.15, 0.2) is 34.7 Å². The Morgan fingerprint density at radius 1 is 1.05 bits per heavy atom. The summed E-state index contributed by atoms with van der Waals surface area (Å²) < 4.78 is 28.1. The van der Waals surface area contributed by atoms with Gasteiger partial charge in [0.15, 0.2) is 5.75 Å². The zero-order valence-corrected chi connectivity index (χ0v) is 21.2. The molecule has 5 rings (SSSR count). The van der Waals surface area contributed by atoms with Crippen molar-refractivity contribution in [3.05, 3.63) is 57.8 Å². The largest absolute Gasteiger partial charge is 0.497 e. The molecule has 192 valence electrons. The maximum Gasteiger partial charge on any atom is 0.307 e. The number of hydrogen-bond donors (Lipinski definition) is 1. The molecule has 2 aliphatic rings. The van der Waals surface area contributed by atoms with Crippen LogP contribution < -0.4 is 18.9 Å². The van der Waals surface area contributed by atoms with Crippen molar-refractivity contribution in [2.24, 2.45) is 5.92 Å². The summed E-state index contributed by atoms with van der Waals surface area (Å²) in [5, 5.41) is 9.71. The van der Waals surface area contributed by atoms with Crippen molar-refractivity contribution in [2.45, 2.75) is 25.4 Å². The summed E-state index contributed by atoms with van der Waals surface area (Å²) in [6, 6.07) is 8.29. The Hall–Kier alpha value is -3.98. The Labute approximate surface area is 216 Å². The van der Waals surface area contributed by atoms with Gasteiger partial charge in [0.25, 0.3) is 0 Å². The van der Waals surface area contributed by atoms with Crippen molar-refractivity contribution in [3.8, 4) is 34.3 Å². The maximum absolute atomic E-state index is 14.2. The molecule has 2 heterocycles. The zero-order valence-electron chi connectivity index (χ0n) is 20.5. The second-order valence-corrected chi connectivity index (χ2v) is 9.29. The van der Waals surface area contributed by atoms with Crippen LogP contribution in [0.25, 0.3) is 11.3 Å². The molecule has 0 bridgehead atoms. The molecule has 2 atom stereocenters. The monoisotopic (exact) mass is 526 g/mol. The number of carbonyl (C=O) groups excluding carboxylic acids is 2. The first-order chi connectivity index (χ1) is 17.7. The van der Waals surface area contributed by atoms with Crippen molar-refractivity contribution in [1.29, 1.82) is 0 Å². The lowest BCUT2D eigenvalue weighted by Gasteiger charge is -2.35. The van der Waals surface area contributed by atoms with Crippen LogP contribution in [0.4, 0.5) is 0 Å². The first kappa shape index (κ1) is 24.7. The number of methoxy groups -OCH3 is 3. The molecule has 0 saturated heterocycles. The highest BCUT2D eigenvalue weighted by atomic mass is 35.5.